The Morgan fingerprint density at radius 2 is 1.54 bits per heavy atom. The summed E-state index contributed by atoms with van der Waals surface area (Å²) in [6.45, 7) is 7.20. The fourth-order valence-corrected chi connectivity index (χ4v) is 3.52. The van der Waals surface area contributed by atoms with Crippen LogP contribution in [0, 0.1) is 27.7 Å². The molecule has 3 nitrogen and oxygen atoms in total. The third-order valence-corrected chi connectivity index (χ3v) is 4.61. The van der Waals surface area contributed by atoms with Gasteiger partial charge in [-0.15, -0.1) is 0 Å². The van der Waals surface area contributed by atoms with Gasteiger partial charge in [0.15, 0.2) is 0 Å². The topological polar surface area (TPSA) is 34.0 Å². The van der Waals surface area contributed by atoms with Crippen molar-refractivity contribution in [2.45, 2.75) is 33.9 Å². The molecule has 0 aliphatic carbocycles. The maximum absolute atomic E-state index is 13.4. The van der Waals surface area contributed by atoms with Gasteiger partial charge in [0.2, 0.25) is 0 Å². The molecular formula is C22H21F3N2O. The lowest BCUT2D eigenvalue weighted by Gasteiger charge is -2.17. The monoisotopic (exact) mass is 386 g/mol. The molecule has 1 heterocycles. The van der Waals surface area contributed by atoms with Crippen molar-refractivity contribution in [1.82, 2.24) is 4.57 Å². The third kappa shape index (κ3) is 3.81. The molecule has 0 aliphatic heterocycles. The third-order valence-electron chi connectivity index (χ3n) is 4.61. The van der Waals surface area contributed by atoms with E-state index in [1.165, 1.54) is 16.7 Å². The van der Waals surface area contributed by atoms with Crippen molar-refractivity contribution in [1.29, 1.82) is 0 Å². The second-order valence-corrected chi connectivity index (χ2v) is 6.97. The van der Waals surface area contributed by atoms with Gasteiger partial charge in [0.1, 0.15) is 0 Å². The van der Waals surface area contributed by atoms with Gasteiger partial charge in [-0.2, -0.15) is 13.2 Å². The molecule has 6 heteroatoms. The first-order valence-corrected chi connectivity index (χ1v) is 8.83. The number of hydrogen-bond donors (Lipinski definition) is 1. The number of carbonyl (C=O) groups is 1. The fourth-order valence-electron chi connectivity index (χ4n) is 3.52. The van der Waals surface area contributed by atoms with Crippen molar-refractivity contribution >= 4 is 11.6 Å². The van der Waals surface area contributed by atoms with Crippen molar-refractivity contribution in [2.24, 2.45) is 0 Å². The molecule has 0 saturated heterocycles. The molecule has 28 heavy (non-hydrogen) atoms. The van der Waals surface area contributed by atoms with Crippen molar-refractivity contribution in [3.63, 3.8) is 0 Å². The second kappa shape index (κ2) is 7.19. The number of nitrogens with one attached hydrogen (secondary N) is 1. The Hall–Kier alpha value is -3.02. The summed E-state index contributed by atoms with van der Waals surface area (Å²) >= 11 is 0. The molecule has 1 N–H and O–H groups in total. The summed E-state index contributed by atoms with van der Waals surface area (Å²) in [7, 11) is 0. The van der Waals surface area contributed by atoms with Gasteiger partial charge in [0.05, 0.1) is 16.8 Å². The fraction of sp³-hybridized carbons (Fsp3) is 0.227. The molecule has 2 aromatic carbocycles. The van der Waals surface area contributed by atoms with Crippen LogP contribution in [0.1, 0.15) is 38.4 Å². The van der Waals surface area contributed by atoms with E-state index < -0.39 is 11.7 Å². The van der Waals surface area contributed by atoms with Crippen LogP contribution in [0.5, 0.6) is 0 Å². The summed E-state index contributed by atoms with van der Waals surface area (Å²) in [5, 5.41) is 2.84. The van der Waals surface area contributed by atoms with E-state index in [2.05, 4.69) is 5.32 Å². The van der Waals surface area contributed by atoms with Crippen LogP contribution in [0.15, 0.2) is 48.5 Å². The van der Waals surface area contributed by atoms with Gasteiger partial charge >= 0.3 is 6.18 Å². The lowest BCUT2D eigenvalue weighted by molar-refractivity contribution is -0.137. The molecule has 0 spiro atoms. The van der Waals surface area contributed by atoms with Crippen LogP contribution < -0.4 is 5.32 Å². The zero-order valence-electron chi connectivity index (χ0n) is 16.1. The Labute approximate surface area is 161 Å². The summed E-state index contributed by atoms with van der Waals surface area (Å²) in [5.74, 6) is -0.353. The quantitative estimate of drug-likeness (QED) is 0.590. The normalized spacial score (nSPS) is 11.5. The minimum absolute atomic E-state index is 0.00968. The summed E-state index contributed by atoms with van der Waals surface area (Å²) in [5.41, 5.74) is 3.31. The number of aromatic nitrogens is 1. The zero-order valence-corrected chi connectivity index (χ0v) is 16.1. The molecule has 1 amide bonds. The van der Waals surface area contributed by atoms with Gasteiger partial charge in [-0.3, -0.25) is 4.79 Å². The molecule has 1 aromatic heterocycles. The average molecular weight is 386 g/mol. The number of benzene rings is 2. The number of hydrogen-bond acceptors (Lipinski definition) is 1. The number of para-hydroxylation sites is 1. The van der Waals surface area contributed by atoms with Gasteiger partial charge < -0.3 is 9.88 Å². The highest BCUT2D eigenvalue weighted by molar-refractivity contribution is 6.05. The molecule has 3 aromatic rings. The van der Waals surface area contributed by atoms with Crippen LogP contribution in [0.25, 0.3) is 5.69 Å². The molecular weight excluding hydrogens is 365 g/mol. The minimum atomic E-state index is -4.48. The predicted octanol–water partition coefficient (Wildman–Crippen LogP) is 5.98. The van der Waals surface area contributed by atoms with Gasteiger partial charge in [-0.25, -0.2) is 0 Å². The number of amides is 1. The van der Waals surface area contributed by atoms with Crippen molar-refractivity contribution in [3.8, 4) is 5.69 Å². The van der Waals surface area contributed by atoms with Gasteiger partial charge in [0, 0.05) is 17.1 Å². The molecule has 0 fully saturated rings. The summed E-state index contributed by atoms with van der Waals surface area (Å²) in [6.07, 6.45) is -4.48. The molecule has 0 bridgehead atoms. The number of halogens is 3. The van der Waals surface area contributed by atoms with Crippen LogP contribution >= 0.6 is 0 Å². The first kappa shape index (κ1) is 19.7. The maximum atomic E-state index is 13.4. The van der Waals surface area contributed by atoms with Crippen molar-refractivity contribution in [2.75, 3.05) is 5.32 Å². The number of alkyl halides is 3. The number of anilines is 1. The lowest BCUT2D eigenvalue weighted by atomic mass is 10.1. The highest BCUT2D eigenvalue weighted by Gasteiger charge is 2.34. The largest absolute Gasteiger partial charge is 0.418 e. The Bertz CT molecular complexity index is 1030. The minimum Gasteiger partial charge on any atom is -0.322 e. The number of rotatable bonds is 3. The van der Waals surface area contributed by atoms with E-state index in [0.717, 1.165) is 17.2 Å². The van der Waals surface area contributed by atoms with E-state index in [9.17, 15) is 18.0 Å². The number of carbonyl (C=O) groups excluding carboxylic acids is 1. The standard InChI is InChI=1S/C22H21F3N2O/c1-13-9-14(2)11-17(10-13)26-21(28)18-12-15(3)27(16(18)4)20-8-6-5-7-19(20)22(23,24)25/h5-12H,1-4H3,(H,26,28). The Morgan fingerprint density at radius 3 is 2.14 bits per heavy atom. The molecule has 146 valence electrons. The number of aryl methyl sites for hydroxylation is 3. The molecule has 0 saturated carbocycles. The van der Waals surface area contributed by atoms with Crippen LogP contribution in [-0.2, 0) is 6.18 Å². The SMILES string of the molecule is Cc1cc(C)cc(NC(=O)c2cc(C)n(-c3ccccc3C(F)(F)F)c2C)c1. The Morgan fingerprint density at radius 1 is 0.929 bits per heavy atom. The molecule has 0 aliphatic rings. The summed E-state index contributed by atoms with van der Waals surface area (Å²) in [6, 6.07) is 12.7. The van der Waals surface area contributed by atoms with Crippen LogP contribution in [-0.4, -0.2) is 10.5 Å². The number of nitrogens with zero attached hydrogens (tertiary/aromatic N) is 1. The lowest BCUT2D eigenvalue weighted by Crippen LogP contribution is -2.15. The first-order chi connectivity index (χ1) is 13.1. The van der Waals surface area contributed by atoms with Gasteiger partial charge in [-0.05, 0) is 69.2 Å². The smallest absolute Gasteiger partial charge is 0.322 e. The highest BCUT2D eigenvalue weighted by atomic mass is 19.4. The van der Waals surface area contributed by atoms with Crippen LogP contribution in [0.3, 0.4) is 0 Å². The molecule has 0 unspecified atom stereocenters. The molecule has 3 rings (SSSR count). The van der Waals surface area contributed by atoms with Crippen LogP contribution in [0.4, 0.5) is 18.9 Å². The van der Waals surface area contributed by atoms with E-state index >= 15 is 0 Å². The van der Waals surface area contributed by atoms with E-state index in [1.807, 2.05) is 32.0 Å². The predicted molar refractivity (Wildman–Crippen MR) is 104 cm³/mol. The van der Waals surface area contributed by atoms with E-state index in [-0.39, 0.29) is 11.6 Å². The average Bonchev–Trinajstić information content (AvgIpc) is 2.87. The Kier molecular flexibility index (Phi) is 5.06. The van der Waals surface area contributed by atoms with Gasteiger partial charge in [0.25, 0.3) is 5.91 Å². The first-order valence-electron chi connectivity index (χ1n) is 8.83. The van der Waals surface area contributed by atoms with Crippen molar-refractivity contribution in [3.05, 3.63) is 82.2 Å². The summed E-state index contributed by atoms with van der Waals surface area (Å²) < 4.78 is 41.8. The van der Waals surface area contributed by atoms with E-state index in [1.54, 1.807) is 26.0 Å². The van der Waals surface area contributed by atoms with Crippen molar-refractivity contribution < 1.29 is 18.0 Å². The zero-order chi connectivity index (χ0) is 20.6. The maximum Gasteiger partial charge on any atom is 0.418 e. The van der Waals surface area contributed by atoms with E-state index in [4.69, 9.17) is 0 Å². The van der Waals surface area contributed by atoms with Crippen LogP contribution in [0.2, 0.25) is 0 Å². The Balaban J connectivity index is 2.03. The van der Waals surface area contributed by atoms with E-state index in [0.29, 0.717) is 22.6 Å². The summed E-state index contributed by atoms with van der Waals surface area (Å²) in [4.78, 5) is 12.8. The second-order valence-electron chi connectivity index (χ2n) is 6.97. The molecule has 0 atom stereocenters. The molecule has 0 radical (unpaired) electrons. The highest BCUT2D eigenvalue weighted by Crippen LogP contribution is 2.35. The van der Waals surface area contributed by atoms with Gasteiger partial charge in [-0.1, -0.05) is 18.2 Å².